The minimum atomic E-state index is -3.99. The first kappa shape index (κ1) is 17.8. The van der Waals surface area contributed by atoms with E-state index < -0.39 is 10.0 Å². The lowest BCUT2D eigenvalue weighted by Crippen LogP contribution is -2.13. The summed E-state index contributed by atoms with van der Waals surface area (Å²) in [5, 5.41) is 18.6. The van der Waals surface area contributed by atoms with Gasteiger partial charge in [-0.15, -0.1) is 0 Å². The van der Waals surface area contributed by atoms with Crippen molar-refractivity contribution in [2.24, 2.45) is 5.14 Å². The molecule has 0 amide bonds. The van der Waals surface area contributed by atoms with Crippen LogP contribution in [-0.2, 0) is 16.6 Å². The molecule has 0 bridgehead atoms. The number of halogens is 1. The van der Waals surface area contributed by atoms with Crippen molar-refractivity contribution in [3.63, 3.8) is 0 Å². The molecule has 0 aliphatic carbocycles. The van der Waals surface area contributed by atoms with Gasteiger partial charge in [0, 0.05) is 17.3 Å². The second-order valence-corrected chi connectivity index (χ2v) is 7.28. The zero-order valence-corrected chi connectivity index (χ0v) is 14.7. The minimum Gasteiger partial charge on any atom is -0.257 e. The first-order chi connectivity index (χ1) is 12.3. The van der Waals surface area contributed by atoms with E-state index in [1.54, 1.807) is 43.5 Å². The summed E-state index contributed by atoms with van der Waals surface area (Å²) in [4.78, 5) is -0.0870. The summed E-state index contributed by atoms with van der Waals surface area (Å²) in [7, 11) is -3.99. The predicted molar refractivity (Wildman–Crippen MR) is 94.8 cm³/mol. The zero-order chi connectivity index (χ0) is 18.9. The van der Waals surface area contributed by atoms with Crippen LogP contribution in [0.2, 0.25) is 0 Å². The van der Waals surface area contributed by atoms with Crippen molar-refractivity contribution < 1.29 is 12.8 Å². The van der Waals surface area contributed by atoms with E-state index in [-0.39, 0.29) is 17.3 Å². The van der Waals surface area contributed by atoms with E-state index in [9.17, 15) is 12.8 Å². The maximum Gasteiger partial charge on any atom is 0.238 e. The zero-order valence-electron chi connectivity index (χ0n) is 13.8. The second kappa shape index (κ2) is 6.71. The first-order valence-corrected chi connectivity index (χ1v) is 9.19. The van der Waals surface area contributed by atoms with Crippen molar-refractivity contribution in [1.82, 2.24) is 9.78 Å². The van der Waals surface area contributed by atoms with Gasteiger partial charge in [0.05, 0.1) is 11.0 Å². The van der Waals surface area contributed by atoms with Crippen LogP contribution in [0, 0.1) is 24.1 Å². The largest absolute Gasteiger partial charge is 0.257 e. The third-order valence-corrected chi connectivity index (χ3v) is 4.89. The molecule has 3 aromatic rings. The summed E-state index contributed by atoms with van der Waals surface area (Å²) in [6.07, 6.45) is 1.59. The van der Waals surface area contributed by atoms with Crippen LogP contribution < -0.4 is 5.14 Å². The molecule has 0 radical (unpaired) electrons. The number of primary sulfonamides is 1. The van der Waals surface area contributed by atoms with Crippen molar-refractivity contribution in [3.05, 3.63) is 60.0 Å². The molecule has 0 spiro atoms. The van der Waals surface area contributed by atoms with E-state index in [2.05, 4.69) is 5.10 Å². The Balaban J connectivity index is 2.29. The second-order valence-electron chi connectivity index (χ2n) is 5.75. The Morgan fingerprint density at radius 1 is 1.23 bits per heavy atom. The van der Waals surface area contributed by atoms with Gasteiger partial charge < -0.3 is 0 Å². The molecular formula is C18H15FN4O2S. The van der Waals surface area contributed by atoms with Crippen LogP contribution >= 0.6 is 0 Å². The standard InChI is InChI=1S/C18H15FN4O2S/c1-12-6-7-13(10-16(12)19)15-11-23(9-8-20)22-18(15)14-4-2-3-5-17(14)26(21,24)25/h2-7,10-11H,9H2,1H3,(H2,21,24,25). The van der Waals surface area contributed by atoms with Gasteiger partial charge >= 0.3 is 0 Å². The molecule has 1 aromatic heterocycles. The Bertz CT molecular complexity index is 1130. The normalized spacial score (nSPS) is 11.3. The lowest BCUT2D eigenvalue weighted by molar-refractivity contribution is 0.598. The summed E-state index contributed by atoms with van der Waals surface area (Å²) >= 11 is 0. The monoisotopic (exact) mass is 370 g/mol. The van der Waals surface area contributed by atoms with E-state index in [1.807, 2.05) is 6.07 Å². The number of rotatable bonds is 4. The number of nitrogens with zero attached hydrogens (tertiary/aromatic N) is 3. The molecule has 2 N–H and O–H groups in total. The van der Waals surface area contributed by atoms with Crippen molar-refractivity contribution in [1.29, 1.82) is 5.26 Å². The Kier molecular flexibility index (Phi) is 4.59. The van der Waals surface area contributed by atoms with E-state index in [4.69, 9.17) is 10.4 Å². The molecule has 26 heavy (non-hydrogen) atoms. The first-order valence-electron chi connectivity index (χ1n) is 7.64. The van der Waals surface area contributed by atoms with Gasteiger partial charge in [0.15, 0.2) is 0 Å². The Hall–Kier alpha value is -3.02. The lowest BCUT2D eigenvalue weighted by atomic mass is 10.0. The summed E-state index contributed by atoms with van der Waals surface area (Å²) < 4.78 is 39.3. The van der Waals surface area contributed by atoms with Crippen LogP contribution in [0.15, 0.2) is 53.6 Å². The molecule has 3 rings (SSSR count). The maximum absolute atomic E-state index is 14.0. The smallest absolute Gasteiger partial charge is 0.238 e. The third kappa shape index (κ3) is 3.35. The predicted octanol–water partition coefficient (Wildman–Crippen LogP) is 2.84. The molecule has 132 valence electrons. The van der Waals surface area contributed by atoms with Crippen molar-refractivity contribution in [2.75, 3.05) is 0 Å². The van der Waals surface area contributed by atoms with Crippen LogP contribution in [0.25, 0.3) is 22.4 Å². The molecular weight excluding hydrogens is 355 g/mol. The number of hydrogen-bond acceptors (Lipinski definition) is 4. The molecule has 0 aliphatic heterocycles. The lowest BCUT2D eigenvalue weighted by Gasteiger charge is -2.08. The minimum absolute atomic E-state index is 0.0289. The van der Waals surface area contributed by atoms with Gasteiger partial charge in [-0.25, -0.2) is 17.9 Å². The average molecular weight is 370 g/mol. The van der Waals surface area contributed by atoms with Crippen LogP contribution in [0.5, 0.6) is 0 Å². The number of sulfonamides is 1. The molecule has 0 atom stereocenters. The van der Waals surface area contributed by atoms with Crippen molar-refractivity contribution in [3.8, 4) is 28.5 Å². The molecule has 0 unspecified atom stereocenters. The van der Waals surface area contributed by atoms with E-state index in [0.717, 1.165) is 0 Å². The molecule has 2 aromatic carbocycles. The van der Waals surface area contributed by atoms with Gasteiger partial charge in [-0.05, 0) is 30.2 Å². The Labute approximate surface area is 150 Å². The van der Waals surface area contributed by atoms with Crippen molar-refractivity contribution >= 4 is 10.0 Å². The molecule has 0 aliphatic rings. The number of aromatic nitrogens is 2. The SMILES string of the molecule is Cc1ccc(-c2cn(CC#N)nc2-c2ccccc2S(N)(=O)=O)cc1F. The van der Waals surface area contributed by atoms with Gasteiger partial charge in [0.1, 0.15) is 18.1 Å². The van der Waals surface area contributed by atoms with Crippen LogP contribution in [0.1, 0.15) is 5.56 Å². The van der Waals surface area contributed by atoms with Gasteiger partial charge in [-0.1, -0.05) is 30.3 Å². The molecule has 0 saturated carbocycles. The summed E-state index contributed by atoms with van der Waals surface area (Å²) in [5.74, 6) is -0.388. The molecule has 0 saturated heterocycles. The van der Waals surface area contributed by atoms with Crippen LogP contribution in [0.3, 0.4) is 0 Å². The Morgan fingerprint density at radius 2 is 1.96 bits per heavy atom. The fourth-order valence-electron chi connectivity index (χ4n) is 2.66. The summed E-state index contributed by atoms with van der Waals surface area (Å²) in [5.41, 5.74) is 2.13. The van der Waals surface area contributed by atoms with Crippen LogP contribution in [0.4, 0.5) is 4.39 Å². The molecule has 6 nitrogen and oxygen atoms in total. The fraction of sp³-hybridized carbons (Fsp3) is 0.111. The van der Waals surface area contributed by atoms with E-state index >= 15 is 0 Å². The fourth-order valence-corrected chi connectivity index (χ4v) is 3.40. The van der Waals surface area contributed by atoms with Crippen LogP contribution in [-0.4, -0.2) is 18.2 Å². The molecule has 8 heteroatoms. The number of benzene rings is 2. The highest BCUT2D eigenvalue weighted by Crippen LogP contribution is 2.34. The van der Waals surface area contributed by atoms with Gasteiger partial charge in [0.25, 0.3) is 0 Å². The number of hydrogen-bond donors (Lipinski definition) is 1. The van der Waals surface area contributed by atoms with E-state index in [0.29, 0.717) is 27.9 Å². The number of aryl methyl sites for hydroxylation is 1. The highest BCUT2D eigenvalue weighted by Gasteiger charge is 2.21. The number of nitrogens with two attached hydrogens (primary N) is 1. The summed E-state index contributed by atoms with van der Waals surface area (Å²) in [6, 6.07) is 12.8. The summed E-state index contributed by atoms with van der Waals surface area (Å²) in [6.45, 7) is 1.62. The van der Waals surface area contributed by atoms with Gasteiger partial charge in [-0.2, -0.15) is 10.4 Å². The third-order valence-electron chi connectivity index (χ3n) is 3.93. The average Bonchev–Trinajstić information content (AvgIpc) is 3.01. The molecule has 1 heterocycles. The topological polar surface area (TPSA) is 102 Å². The highest BCUT2D eigenvalue weighted by atomic mass is 32.2. The maximum atomic E-state index is 14.0. The quantitative estimate of drug-likeness (QED) is 0.763. The highest BCUT2D eigenvalue weighted by molar-refractivity contribution is 7.89. The van der Waals surface area contributed by atoms with Gasteiger partial charge in [-0.3, -0.25) is 4.68 Å². The number of nitriles is 1. The van der Waals surface area contributed by atoms with Gasteiger partial charge in [0.2, 0.25) is 10.0 Å². The molecule has 0 fully saturated rings. The Morgan fingerprint density at radius 3 is 2.62 bits per heavy atom. The van der Waals surface area contributed by atoms with E-state index in [1.165, 1.54) is 16.8 Å². The van der Waals surface area contributed by atoms with Crippen molar-refractivity contribution in [2.45, 2.75) is 18.4 Å².